The molecule has 0 radical (unpaired) electrons. The van der Waals surface area contributed by atoms with Gasteiger partial charge in [-0.25, -0.2) is 9.97 Å². The zero-order chi connectivity index (χ0) is 13.4. The van der Waals surface area contributed by atoms with Gasteiger partial charge in [-0.1, -0.05) is 23.7 Å². The first-order valence-electron chi connectivity index (χ1n) is 5.94. The lowest BCUT2D eigenvalue weighted by molar-refractivity contribution is 1.22. The average molecular weight is 270 g/mol. The first-order valence-corrected chi connectivity index (χ1v) is 6.32. The van der Waals surface area contributed by atoms with Crippen LogP contribution in [0.15, 0.2) is 42.5 Å². The van der Waals surface area contributed by atoms with Crippen LogP contribution in [0.1, 0.15) is 5.56 Å². The minimum absolute atomic E-state index is 0.499. The maximum atomic E-state index is 6.02. The number of aryl methyl sites for hydroxylation is 1. The van der Waals surface area contributed by atoms with Crippen molar-refractivity contribution in [3.63, 3.8) is 0 Å². The Labute approximate surface area is 116 Å². The first kappa shape index (κ1) is 11.9. The number of para-hydroxylation sites is 1. The highest BCUT2D eigenvalue weighted by molar-refractivity contribution is 6.30. The van der Waals surface area contributed by atoms with Crippen LogP contribution < -0.4 is 5.73 Å². The fourth-order valence-electron chi connectivity index (χ4n) is 2.05. The molecule has 0 aliphatic carbocycles. The predicted octanol–water partition coefficient (Wildman–Crippen LogP) is 3.84. The molecular weight excluding hydrogens is 258 g/mol. The Balaban J connectivity index is 2.25. The number of hydrogen-bond donors (Lipinski definition) is 1. The number of aromatic nitrogens is 2. The molecule has 3 nitrogen and oxygen atoms in total. The summed E-state index contributed by atoms with van der Waals surface area (Å²) in [5.74, 6) is 1.12. The molecule has 0 spiro atoms. The zero-order valence-electron chi connectivity index (χ0n) is 10.4. The Morgan fingerprint density at radius 2 is 1.74 bits per heavy atom. The summed E-state index contributed by atoms with van der Waals surface area (Å²) in [6.07, 6.45) is 0. The van der Waals surface area contributed by atoms with E-state index in [1.165, 1.54) is 0 Å². The normalized spacial score (nSPS) is 10.8. The Bertz CT molecular complexity index is 751. The van der Waals surface area contributed by atoms with Gasteiger partial charge in [0.15, 0.2) is 5.82 Å². The number of nitrogen functional groups attached to an aromatic ring is 1. The van der Waals surface area contributed by atoms with Gasteiger partial charge in [0.2, 0.25) is 0 Å². The van der Waals surface area contributed by atoms with E-state index in [0.717, 1.165) is 22.0 Å². The molecule has 0 fully saturated rings. The predicted molar refractivity (Wildman–Crippen MR) is 79.1 cm³/mol. The summed E-state index contributed by atoms with van der Waals surface area (Å²) in [6, 6.07) is 13.3. The van der Waals surface area contributed by atoms with Crippen LogP contribution in [0.3, 0.4) is 0 Å². The Morgan fingerprint density at radius 3 is 2.47 bits per heavy atom. The van der Waals surface area contributed by atoms with Crippen molar-refractivity contribution in [1.82, 2.24) is 9.97 Å². The molecule has 0 unspecified atom stereocenters. The van der Waals surface area contributed by atoms with Gasteiger partial charge < -0.3 is 5.73 Å². The molecule has 0 bridgehead atoms. The second kappa shape index (κ2) is 4.52. The van der Waals surface area contributed by atoms with Crippen LogP contribution in [0.2, 0.25) is 5.02 Å². The molecule has 0 saturated heterocycles. The molecule has 3 rings (SSSR count). The molecule has 2 aromatic carbocycles. The molecule has 0 aliphatic rings. The Morgan fingerprint density at radius 1 is 1.00 bits per heavy atom. The van der Waals surface area contributed by atoms with Crippen LogP contribution >= 0.6 is 11.6 Å². The van der Waals surface area contributed by atoms with Crippen LogP contribution in [0.25, 0.3) is 22.3 Å². The standard InChI is InChI=1S/C15H12ClN3/c1-9-3-2-4-12-13(9)18-15(19-14(12)17)10-5-7-11(16)8-6-10/h2-8H,1H3,(H2,17,18,19). The number of rotatable bonds is 1. The quantitative estimate of drug-likeness (QED) is 0.730. The van der Waals surface area contributed by atoms with Crippen molar-refractivity contribution in [2.45, 2.75) is 6.92 Å². The molecule has 0 saturated carbocycles. The number of nitrogens with zero attached hydrogens (tertiary/aromatic N) is 2. The Kier molecular flexibility index (Phi) is 2.84. The van der Waals surface area contributed by atoms with Crippen molar-refractivity contribution in [2.24, 2.45) is 0 Å². The number of fused-ring (bicyclic) bond motifs is 1. The van der Waals surface area contributed by atoms with E-state index in [2.05, 4.69) is 9.97 Å². The fraction of sp³-hybridized carbons (Fsp3) is 0.0667. The summed E-state index contributed by atoms with van der Waals surface area (Å²) in [7, 11) is 0. The second-order valence-corrected chi connectivity index (χ2v) is 4.85. The topological polar surface area (TPSA) is 51.8 Å². The summed E-state index contributed by atoms with van der Waals surface area (Å²) in [4.78, 5) is 8.97. The zero-order valence-corrected chi connectivity index (χ0v) is 11.1. The van der Waals surface area contributed by atoms with Gasteiger partial charge in [-0.2, -0.15) is 0 Å². The number of halogens is 1. The van der Waals surface area contributed by atoms with Gasteiger partial charge >= 0.3 is 0 Å². The van der Waals surface area contributed by atoms with Crippen molar-refractivity contribution in [1.29, 1.82) is 0 Å². The molecule has 19 heavy (non-hydrogen) atoms. The van der Waals surface area contributed by atoms with E-state index in [-0.39, 0.29) is 0 Å². The van der Waals surface area contributed by atoms with Gasteiger partial charge in [0.05, 0.1) is 5.52 Å². The molecule has 0 atom stereocenters. The van der Waals surface area contributed by atoms with Crippen LogP contribution in [0, 0.1) is 6.92 Å². The summed E-state index contributed by atoms with van der Waals surface area (Å²) >= 11 is 5.89. The lowest BCUT2D eigenvalue weighted by Crippen LogP contribution is -1.98. The SMILES string of the molecule is Cc1cccc2c(N)nc(-c3ccc(Cl)cc3)nc12. The summed E-state index contributed by atoms with van der Waals surface area (Å²) < 4.78 is 0. The lowest BCUT2D eigenvalue weighted by Gasteiger charge is -2.07. The van der Waals surface area contributed by atoms with Crippen LogP contribution in [0.5, 0.6) is 0 Å². The largest absolute Gasteiger partial charge is 0.383 e. The maximum absolute atomic E-state index is 6.02. The third kappa shape index (κ3) is 2.13. The van der Waals surface area contributed by atoms with Crippen LogP contribution in [-0.4, -0.2) is 9.97 Å². The van der Waals surface area contributed by atoms with Crippen molar-refractivity contribution in [3.8, 4) is 11.4 Å². The molecular formula is C15H12ClN3. The second-order valence-electron chi connectivity index (χ2n) is 4.41. The minimum Gasteiger partial charge on any atom is -0.383 e. The van der Waals surface area contributed by atoms with Crippen molar-refractivity contribution >= 4 is 28.3 Å². The highest BCUT2D eigenvalue weighted by atomic mass is 35.5. The first-order chi connectivity index (χ1) is 9.15. The molecule has 3 aromatic rings. The summed E-state index contributed by atoms with van der Waals surface area (Å²) in [5.41, 5.74) is 8.89. The van der Waals surface area contributed by atoms with Gasteiger partial charge in [0, 0.05) is 16.0 Å². The molecule has 94 valence electrons. The minimum atomic E-state index is 0.499. The third-order valence-electron chi connectivity index (χ3n) is 3.06. The molecule has 0 aliphatic heterocycles. The van der Waals surface area contributed by atoms with E-state index in [1.54, 1.807) is 0 Å². The van der Waals surface area contributed by atoms with E-state index in [9.17, 15) is 0 Å². The molecule has 1 heterocycles. The van der Waals surface area contributed by atoms with Gasteiger partial charge in [-0.05, 0) is 42.8 Å². The number of nitrogens with two attached hydrogens (primary N) is 1. The fourth-order valence-corrected chi connectivity index (χ4v) is 2.17. The smallest absolute Gasteiger partial charge is 0.162 e. The number of anilines is 1. The average Bonchev–Trinajstić information content (AvgIpc) is 2.41. The lowest BCUT2D eigenvalue weighted by atomic mass is 10.1. The van der Waals surface area contributed by atoms with E-state index in [0.29, 0.717) is 16.7 Å². The van der Waals surface area contributed by atoms with Crippen LogP contribution in [0.4, 0.5) is 5.82 Å². The van der Waals surface area contributed by atoms with Gasteiger partial charge in [0.1, 0.15) is 5.82 Å². The number of hydrogen-bond acceptors (Lipinski definition) is 3. The highest BCUT2D eigenvalue weighted by Gasteiger charge is 2.08. The van der Waals surface area contributed by atoms with E-state index < -0.39 is 0 Å². The summed E-state index contributed by atoms with van der Waals surface area (Å²) in [6.45, 7) is 2.01. The number of benzene rings is 2. The highest BCUT2D eigenvalue weighted by Crippen LogP contribution is 2.25. The Hall–Kier alpha value is -2.13. The maximum Gasteiger partial charge on any atom is 0.162 e. The molecule has 2 N–H and O–H groups in total. The van der Waals surface area contributed by atoms with Gasteiger partial charge in [-0.3, -0.25) is 0 Å². The van der Waals surface area contributed by atoms with E-state index >= 15 is 0 Å². The van der Waals surface area contributed by atoms with Gasteiger partial charge in [0.25, 0.3) is 0 Å². The van der Waals surface area contributed by atoms with E-state index in [4.69, 9.17) is 17.3 Å². The summed E-state index contributed by atoms with van der Waals surface area (Å²) in [5, 5.41) is 1.58. The molecule has 4 heteroatoms. The molecule has 1 aromatic heterocycles. The van der Waals surface area contributed by atoms with Crippen molar-refractivity contribution < 1.29 is 0 Å². The molecule has 0 amide bonds. The van der Waals surface area contributed by atoms with Crippen molar-refractivity contribution in [2.75, 3.05) is 5.73 Å². The van der Waals surface area contributed by atoms with Crippen molar-refractivity contribution in [3.05, 3.63) is 53.1 Å². The van der Waals surface area contributed by atoms with E-state index in [1.807, 2.05) is 49.4 Å². The van der Waals surface area contributed by atoms with Crippen LogP contribution in [-0.2, 0) is 0 Å². The monoisotopic (exact) mass is 269 g/mol. The van der Waals surface area contributed by atoms with Gasteiger partial charge in [-0.15, -0.1) is 0 Å². The third-order valence-corrected chi connectivity index (χ3v) is 3.31.